The van der Waals surface area contributed by atoms with Crippen LogP contribution >= 0.6 is 0 Å². The number of amides is 1. The summed E-state index contributed by atoms with van der Waals surface area (Å²) in [7, 11) is 0. The summed E-state index contributed by atoms with van der Waals surface area (Å²) in [5.41, 5.74) is 13.5. The Balaban J connectivity index is 2.45. The number of nitrogens with two attached hydrogens (primary N) is 2. The van der Waals surface area contributed by atoms with Gasteiger partial charge in [0.2, 0.25) is 5.91 Å². The zero-order valence-corrected chi connectivity index (χ0v) is 7.08. The van der Waals surface area contributed by atoms with Gasteiger partial charge in [-0.3, -0.25) is 10.1 Å². The van der Waals surface area contributed by atoms with Crippen LogP contribution in [0.1, 0.15) is 27.7 Å². The van der Waals surface area contributed by atoms with E-state index in [-0.39, 0.29) is 6.17 Å². The lowest BCUT2D eigenvalue weighted by Crippen LogP contribution is -2.20. The van der Waals surface area contributed by atoms with Crippen molar-refractivity contribution >= 4 is 5.91 Å². The minimum absolute atomic E-state index is 0.114. The Morgan fingerprint density at radius 1 is 1.54 bits per heavy atom. The Labute approximate surface area is 75.9 Å². The highest BCUT2D eigenvalue weighted by Gasteiger charge is 2.18. The third-order valence-electron chi connectivity index (χ3n) is 2.27. The van der Waals surface area contributed by atoms with Gasteiger partial charge < -0.3 is 11.5 Å². The first kappa shape index (κ1) is 8.22. The van der Waals surface area contributed by atoms with Gasteiger partial charge in [0.15, 0.2) is 0 Å². The van der Waals surface area contributed by atoms with E-state index < -0.39 is 5.91 Å². The van der Waals surface area contributed by atoms with Crippen LogP contribution in [-0.2, 0) is 6.54 Å². The van der Waals surface area contributed by atoms with Crippen molar-refractivity contribution in [2.45, 2.75) is 12.7 Å². The van der Waals surface area contributed by atoms with E-state index in [1.807, 2.05) is 6.07 Å². The maximum Gasteiger partial charge on any atom is 0.248 e. The van der Waals surface area contributed by atoms with Gasteiger partial charge in [0.25, 0.3) is 0 Å². The lowest BCUT2D eigenvalue weighted by atomic mass is 10.1. The van der Waals surface area contributed by atoms with Crippen LogP contribution in [0.25, 0.3) is 0 Å². The quantitative estimate of drug-likeness (QED) is 0.557. The fourth-order valence-electron chi connectivity index (χ4n) is 1.55. The van der Waals surface area contributed by atoms with Gasteiger partial charge in [-0.15, -0.1) is 0 Å². The zero-order valence-electron chi connectivity index (χ0n) is 7.08. The van der Waals surface area contributed by atoms with Crippen LogP contribution in [0.15, 0.2) is 18.2 Å². The number of carbonyl (C=O) groups is 1. The monoisotopic (exact) mass is 177 g/mol. The summed E-state index contributed by atoms with van der Waals surface area (Å²) < 4.78 is 0. The molecule has 0 saturated carbocycles. The number of nitrogens with one attached hydrogen (secondary N) is 1. The Kier molecular flexibility index (Phi) is 1.79. The Morgan fingerprint density at radius 3 is 3.00 bits per heavy atom. The van der Waals surface area contributed by atoms with Crippen LogP contribution in [0.2, 0.25) is 0 Å². The minimum Gasteiger partial charge on any atom is -0.366 e. The van der Waals surface area contributed by atoms with Crippen LogP contribution in [0.3, 0.4) is 0 Å². The van der Waals surface area contributed by atoms with Gasteiger partial charge in [0, 0.05) is 12.1 Å². The Bertz CT molecular complexity index is 362. The molecule has 0 saturated heterocycles. The molecule has 0 bridgehead atoms. The molecule has 1 aliphatic heterocycles. The van der Waals surface area contributed by atoms with Gasteiger partial charge in [-0.05, 0) is 23.3 Å². The molecule has 0 spiro atoms. The van der Waals surface area contributed by atoms with Crippen molar-refractivity contribution in [3.8, 4) is 0 Å². The molecule has 0 aromatic heterocycles. The summed E-state index contributed by atoms with van der Waals surface area (Å²) in [5.74, 6) is -0.400. The van der Waals surface area contributed by atoms with E-state index in [1.54, 1.807) is 12.1 Å². The smallest absolute Gasteiger partial charge is 0.248 e. The fraction of sp³-hybridized carbons (Fsp3) is 0.222. The van der Waals surface area contributed by atoms with E-state index >= 15 is 0 Å². The maximum atomic E-state index is 10.9. The van der Waals surface area contributed by atoms with Gasteiger partial charge >= 0.3 is 0 Å². The highest BCUT2D eigenvalue weighted by molar-refractivity contribution is 5.93. The summed E-state index contributed by atoms with van der Waals surface area (Å²) in [5, 5.41) is 3.08. The molecule has 1 heterocycles. The topological polar surface area (TPSA) is 81.1 Å². The molecule has 1 aromatic rings. The molecule has 13 heavy (non-hydrogen) atoms. The van der Waals surface area contributed by atoms with Crippen molar-refractivity contribution in [3.05, 3.63) is 34.9 Å². The lowest BCUT2D eigenvalue weighted by molar-refractivity contribution is 0.1000. The molecule has 68 valence electrons. The Morgan fingerprint density at radius 2 is 2.31 bits per heavy atom. The predicted octanol–water partition coefficient (Wildman–Crippen LogP) is -0.154. The number of rotatable bonds is 1. The van der Waals surface area contributed by atoms with Gasteiger partial charge in [-0.2, -0.15) is 0 Å². The van der Waals surface area contributed by atoms with Gasteiger partial charge in [-0.25, -0.2) is 0 Å². The first-order valence-electron chi connectivity index (χ1n) is 4.10. The van der Waals surface area contributed by atoms with E-state index in [4.69, 9.17) is 11.5 Å². The summed E-state index contributed by atoms with van der Waals surface area (Å²) >= 11 is 0. The molecular formula is C9H11N3O. The van der Waals surface area contributed by atoms with Crippen LogP contribution in [0.5, 0.6) is 0 Å². The second kappa shape index (κ2) is 2.83. The predicted molar refractivity (Wildman–Crippen MR) is 48.7 cm³/mol. The van der Waals surface area contributed by atoms with E-state index in [0.29, 0.717) is 12.1 Å². The van der Waals surface area contributed by atoms with E-state index in [1.165, 1.54) is 0 Å². The van der Waals surface area contributed by atoms with Crippen LogP contribution in [0, 0.1) is 0 Å². The molecule has 2 rings (SSSR count). The molecule has 0 radical (unpaired) electrons. The zero-order chi connectivity index (χ0) is 9.42. The second-order valence-corrected chi connectivity index (χ2v) is 3.14. The molecular weight excluding hydrogens is 166 g/mol. The average Bonchev–Trinajstić information content (AvgIpc) is 2.47. The molecule has 1 aliphatic rings. The third-order valence-corrected chi connectivity index (χ3v) is 2.27. The van der Waals surface area contributed by atoms with Crippen LogP contribution in [-0.4, -0.2) is 5.91 Å². The van der Waals surface area contributed by atoms with Crippen molar-refractivity contribution in [1.82, 2.24) is 5.32 Å². The molecule has 1 atom stereocenters. The van der Waals surface area contributed by atoms with Gasteiger partial charge in [0.1, 0.15) is 0 Å². The number of hydrogen-bond donors (Lipinski definition) is 3. The molecule has 4 heteroatoms. The summed E-state index contributed by atoms with van der Waals surface area (Å²) in [6.07, 6.45) is -0.114. The fourth-order valence-corrected chi connectivity index (χ4v) is 1.55. The van der Waals surface area contributed by atoms with E-state index in [2.05, 4.69) is 5.32 Å². The maximum absolute atomic E-state index is 10.9. The van der Waals surface area contributed by atoms with Crippen LogP contribution in [0.4, 0.5) is 0 Å². The molecule has 0 aliphatic carbocycles. The normalized spacial score (nSPS) is 19.9. The lowest BCUT2D eigenvalue weighted by Gasteiger charge is -2.04. The van der Waals surface area contributed by atoms with Crippen molar-refractivity contribution in [3.63, 3.8) is 0 Å². The average molecular weight is 177 g/mol. The summed E-state index contributed by atoms with van der Waals surface area (Å²) in [6.45, 7) is 0.706. The number of fused-ring (bicyclic) bond motifs is 1. The molecule has 1 unspecified atom stereocenters. The third kappa shape index (κ3) is 1.30. The van der Waals surface area contributed by atoms with Gasteiger partial charge in [-0.1, -0.05) is 6.07 Å². The summed E-state index contributed by atoms with van der Waals surface area (Å²) in [6, 6.07) is 5.34. The number of primary amides is 1. The highest BCUT2D eigenvalue weighted by Crippen LogP contribution is 2.22. The number of benzene rings is 1. The van der Waals surface area contributed by atoms with E-state index in [9.17, 15) is 4.79 Å². The molecule has 1 amide bonds. The minimum atomic E-state index is -0.400. The Hall–Kier alpha value is -1.39. The van der Waals surface area contributed by atoms with Crippen molar-refractivity contribution < 1.29 is 4.79 Å². The van der Waals surface area contributed by atoms with Crippen molar-refractivity contribution in [2.24, 2.45) is 11.5 Å². The molecule has 1 aromatic carbocycles. The first-order chi connectivity index (χ1) is 6.18. The largest absolute Gasteiger partial charge is 0.366 e. The highest BCUT2D eigenvalue weighted by atomic mass is 16.1. The first-order valence-corrected chi connectivity index (χ1v) is 4.10. The van der Waals surface area contributed by atoms with Crippen LogP contribution < -0.4 is 16.8 Å². The second-order valence-electron chi connectivity index (χ2n) is 3.14. The summed E-state index contributed by atoms with van der Waals surface area (Å²) in [4.78, 5) is 10.9. The number of carbonyl (C=O) groups excluding carboxylic acids is 1. The molecule has 5 N–H and O–H groups in total. The van der Waals surface area contributed by atoms with Crippen molar-refractivity contribution in [1.29, 1.82) is 0 Å². The SMILES string of the molecule is NC(=O)c1ccc2c(c1)CNC2N. The standard InChI is InChI=1S/C9H11N3O/c10-8-7-2-1-5(9(11)13)3-6(7)4-12-8/h1-3,8,12H,4,10H2,(H2,11,13). The van der Waals surface area contributed by atoms with Gasteiger partial charge in [0.05, 0.1) is 6.17 Å². The molecule has 4 nitrogen and oxygen atoms in total. The molecule has 0 fully saturated rings. The number of hydrogen-bond acceptors (Lipinski definition) is 3. The van der Waals surface area contributed by atoms with Crippen molar-refractivity contribution in [2.75, 3.05) is 0 Å². The van der Waals surface area contributed by atoms with E-state index in [0.717, 1.165) is 11.1 Å².